The van der Waals surface area contributed by atoms with Gasteiger partial charge in [0, 0.05) is 45.4 Å². The Bertz CT molecular complexity index is 432. The van der Waals surface area contributed by atoms with Crippen LogP contribution in [-0.4, -0.2) is 50.5 Å². The van der Waals surface area contributed by atoms with Crippen LogP contribution in [0, 0.1) is 0 Å². The number of ether oxygens (including phenoxy) is 2. The molecule has 0 fully saturated rings. The van der Waals surface area contributed by atoms with Crippen LogP contribution in [0.15, 0.2) is 6.07 Å². The Hall–Kier alpha value is -1.40. The first-order valence-electron chi connectivity index (χ1n) is 7.26. The zero-order valence-corrected chi connectivity index (χ0v) is 13.8. The van der Waals surface area contributed by atoms with Crippen LogP contribution < -0.4 is 10.6 Å². The fraction of sp³-hybridized carbons (Fsp3) is 0.733. The Morgan fingerprint density at radius 2 is 1.76 bits per heavy atom. The highest BCUT2D eigenvalue weighted by molar-refractivity contribution is 5.47. The number of nitrogens with zero attached hydrogens (tertiary/aromatic N) is 3. The van der Waals surface area contributed by atoms with Crippen LogP contribution in [-0.2, 0) is 14.9 Å². The maximum atomic E-state index is 5.94. The number of nitrogen functional groups attached to an aromatic ring is 1. The third-order valence-corrected chi connectivity index (χ3v) is 3.07. The predicted molar refractivity (Wildman–Crippen MR) is 85.7 cm³/mol. The van der Waals surface area contributed by atoms with Gasteiger partial charge in [0.2, 0.25) is 0 Å². The lowest BCUT2D eigenvalue weighted by molar-refractivity contribution is 0.191. The van der Waals surface area contributed by atoms with Gasteiger partial charge in [0.25, 0.3) is 0 Å². The van der Waals surface area contributed by atoms with Gasteiger partial charge in [-0.3, -0.25) is 0 Å². The number of anilines is 2. The van der Waals surface area contributed by atoms with Gasteiger partial charge in [-0.25, -0.2) is 9.97 Å². The molecular weight excluding hydrogens is 268 g/mol. The Kier molecular flexibility index (Phi) is 6.84. The van der Waals surface area contributed by atoms with Crippen molar-refractivity contribution >= 4 is 11.6 Å². The lowest BCUT2D eigenvalue weighted by atomic mass is 9.96. The Morgan fingerprint density at radius 1 is 1.10 bits per heavy atom. The molecule has 6 heteroatoms. The normalized spacial score (nSPS) is 11.7. The maximum absolute atomic E-state index is 5.94. The first-order chi connectivity index (χ1) is 9.88. The highest BCUT2D eigenvalue weighted by atomic mass is 16.5. The number of aromatic nitrogens is 2. The van der Waals surface area contributed by atoms with Gasteiger partial charge in [-0.2, -0.15) is 0 Å². The van der Waals surface area contributed by atoms with Crippen LogP contribution in [0.2, 0.25) is 0 Å². The zero-order valence-electron chi connectivity index (χ0n) is 13.8. The van der Waals surface area contributed by atoms with Crippen LogP contribution in [0.5, 0.6) is 0 Å². The highest BCUT2D eigenvalue weighted by Crippen LogP contribution is 2.23. The minimum atomic E-state index is -0.135. The lowest BCUT2D eigenvalue weighted by Crippen LogP contribution is -2.31. The van der Waals surface area contributed by atoms with Crippen LogP contribution in [0.25, 0.3) is 0 Å². The molecule has 0 radical (unpaired) electrons. The minimum Gasteiger partial charge on any atom is -0.385 e. The van der Waals surface area contributed by atoms with E-state index in [1.54, 1.807) is 14.2 Å². The van der Waals surface area contributed by atoms with Crippen molar-refractivity contribution < 1.29 is 9.47 Å². The molecule has 0 unspecified atom stereocenters. The number of nitrogens with two attached hydrogens (primary N) is 1. The Labute approximate surface area is 127 Å². The molecule has 0 saturated heterocycles. The SMILES string of the molecule is COCCCN(CCOC)c1cc(N)nc(C(C)(C)C)n1. The van der Waals surface area contributed by atoms with Crippen molar-refractivity contribution in [1.29, 1.82) is 0 Å². The molecule has 1 aromatic rings. The molecule has 2 N–H and O–H groups in total. The molecule has 0 saturated carbocycles. The summed E-state index contributed by atoms with van der Waals surface area (Å²) in [6.07, 6.45) is 0.926. The van der Waals surface area contributed by atoms with Gasteiger partial charge in [-0.05, 0) is 6.42 Å². The van der Waals surface area contributed by atoms with Gasteiger partial charge < -0.3 is 20.1 Å². The summed E-state index contributed by atoms with van der Waals surface area (Å²) in [6, 6.07) is 1.82. The molecule has 1 aromatic heterocycles. The van der Waals surface area contributed by atoms with E-state index in [2.05, 4.69) is 35.6 Å². The predicted octanol–water partition coefficient (Wildman–Crippen LogP) is 1.85. The Balaban J connectivity index is 2.96. The average molecular weight is 296 g/mol. The second-order valence-corrected chi connectivity index (χ2v) is 6.05. The summed E-state index contributed by atoms with van der Waals surface area (Å²) in [5.41, 5.74) is 5.81. The molecule has 1 rings (SSSR count). The van der Waals surface area contributed by atoms with Crippen molar-refractivity contribution in [3.63, 3.8) is 0 Å². The van der Waals surface area contributed by atoms with Crippen LogP contribution in [0.4, 0.5) is 11.6 Å². The van der Waals surface area contributed by atoms with Crippen molar-refractivity contribution in [3.05, 3.63) is 11.9 Å². The topological polar surface area (TPSA) is 73.5 Å². The molecule has 120 valence electrons. The van der Waals surface area contributed by atoms with Gasteiger partial charge in [0.05, 0.1) is 6.61 Å². The van der Waals surface area contributed by atoms with E-state index < -0.39 is 0 Å². The summed E-state index contributed by atoms with van der Waals surface area (Å²) in [4.78, 5) is 11.2. The van der Waals surface area contributed by atoms with Crippen molar-refractivity contribution in [2.24, 2.45) is 0 Å². The van der Waals surface area contributed by atoms with Gasteiger partial charge in [-0.1, -0.05) is 20.8 Å². The quantitative estimate of drug-likeness (QED) is 0.738. The number of hydrogen-bond acceptors (Lipinski definition) is 6. The largest absolute Gasteiger partial charge is 0.385 e. The molecule has 0 bridgehead atoms. The standard InChI is InChI=1S/C15H28N4O2/c1-15(2,3)14-17-12(16)11-13(18-14)19(8-10-21-5)7-6-9-20-4/h11H,6-10H2,1-5H3,(H2,16,17,18). The number of methoxy groups -OCH3 is 2. The minimum absolute atomic E-state index is 0.135. The summed E-state index contributed by atoms with van der Waals surface area (Å²) in [5.74, 6) is 2.10. The van der Waals surface area contributed by atoms with Crippen molar-refractivity contribution in [1.82, 2.24) is 9.97 Å². The fourth-order valence-corrected chi connectivity index (χ4v) is 1.89. The van der Waals surface area contributed by atoms with E-state index in [-0.39, 0.29) is 5.41 Å². The summed E-state index contributed by atoms with van der Waals surface area (Å²) < 4.78 is 10.3. The van der Waals surface area contributed by atoms with Crippen LogP contribution in [0.1, 0.15) is 33.0 Å². The molecule has 21 heavy (non-hydrogen) atoms. The lowest BCUT2D eigenvalue weighted by Gasteiger charge is -2.26. The summed E-state index contributed by atoms with van der Waals surface area (Å²) in [6.45, 7) is 9.21. The molecule has 0 atom stereocenters. The van der Waals surface area contributed by atoms with E-state index in [4.69, 9.17) is 15.2 Å². The van der Waals surface area contributed by atoms with E-state index >= 15 is 0 Å². The van der Waals surface area contributed by atoms with E-state index in [1.807, 2.05) is 6.07 Å². The molecule has 0 aliphatic carbocycles. The molecule has 0 amide bonds. The molecule has 0 aromatic carbocycles. The van der Waals surface area contributed by atoms with Crippen molar-refractivity contribution in [2.75, 3.05) is 51.2 Å². The first kappa shape index (κ1) is 17.7. The van der Waals surface area contributed by atoms with Gasteiger partial charge in [0.1, 0.15) is 17.5 Å². The average Bonchev–Trinajstić information content (AvgIpc) is 2.41. The first-order valence-corrected chi connectivity index (χ1v) is 7.26. The molecule has 0 spiro atoms. The summed E-state index contributed by atoms with van der Waals surface area (Å²) in [7, 11) is 3.40. The van der Waals surface area contributed by atoms with E-state index in [0.717, 1.165) is 37.8 Å². The summed E-state index contributed by atoms with van der Waals surface area (Å²) in [5, 5.41) is 0. The van der Waals surface area contributed by atoms with E-state index in [1.165, 1.54) is 0 Å². The second-order valence-electron chi connectivity index (χ2n) is 6.05. The molecule has 6 nitrogen and oxygen atoms in total. The van der Waals surface area contributed by atoms with Crippen molar-refractivity contribution in [3.8, 4) is 0 Å². The monoisotopic (exact) mass is 296 g/mol. The van der Waals surface area contributed by atoms with E-state index in [0.29, 0.717) is 12.4 Å². The van der Waals surface area contributed by atoms with Crippen LogP contribution in [0.3, 0.4) is 0 Å². The molecule has 0 aliphatic heterocycles. The van der Waals surface area contributed by atoms with Gasteiger partial charge in [-0.15, -0.1) is 0 Å². The Morgan fingerprint density at radius 3 is 2.33 bits per heavy atom. The third-order valence-electron chi connectivity index (χ3n) is 3.07. The second kappa shape index (κ2) is 8.14. The molecule has 0 aliphatic rings. The zero-order chi connectivity index (χ0) is 15.9. The maximum Gasteiger partial charge on any atom is 0.138 e. The molecule has 1 heterocycles. The van der Waals surface area contributed by atoms with Crippen LogP contribution >= 0.6 is 0 Å². The summed E-state index contributed by atoms with van der Waals surface area (Å²) >= 11 is 0. The highest BCUT2D eigenvalue weighted by Gasteiger charge is 2.20. The fourth-order valence-electron chi connectivity index (χ4n) is 1.89. The van der Waals surface area contributed by atoms with Gasteiger partial charge >= 0.3 is 0 Å². The molecular formula is C15H28N4O2. The van der Waals surface area contributed by atoms with E-state index in [9.17, 15) is 0 Å². The van der Waals surface area contributed by atoms with Crippen molar-refractivity contribution in [2.45, 2.75) is 32.6 Å². The number of rotatable bonds is 8. The van der Waals surface area contributed by atoms with Gasteiger partial charge in [0.15, 0.2) is 0 Å². The third kappa shape index (κ3) is 5.85. The number of hydrogen-bond donors (Lipinski definition) is 1. The smallest absolute Gasteiger partial charge is 0.138 e.